The molecule has 1 fully saturated rings. The highest BCUT2D eigenvalue weighted by Crippen LogP contribution is 2.27. The Balaban J connectivity index is 1.68. The number of carbonyl (C=O) groups is 2. The normalized spacial score (nSPS) is 13.2. The molecular formula is C22H28N4O3. The minimum Gasteiger partial charge on any atom is -0.383 e. The summed E-state index contributed by atoms with van der Waals surface area (Å²) in [6.07, 6.45) is 2.24. The summed E-state index contributed by atoms with van der Waals surface area (Å²) in [4.78, 5) is 27.2. The fourth-order valence-corrected chi connectivity index (χ4v) is 3.34. The summed E-state index contributed by atoms with van der Waals surface area (Å²) in [5, 5.41) is 8.52. The monoisotopic (exact) mass is 396 g/mol. The Labute approximate surface area is 171 Å². The Morgan fingerprint density at radius 2 is 1.79 bits per heavy atom. The first-order chi connectivity index (χ1) is 14.2. The Kier molecular flexibility index (Phi) is 7.47. The molecule has 7 nitrogen and oxygen atoms in total. The zero-order chi connectivity index (χ0) is 20.5. The van der Waals surface area contributed by atoms with Gasteiger partial charge in [-0.05, 0) is 36.6 Å². The number of nitrogens with zero attached hydrogens (tertiary/aromatic N) is 1. The molecule has 0 aliphatic carbocycles. The second kappa shape index (κ2) is 10.5. The molecule has 1 aliphatic rings. The lowest BCUT2D eigenvalue weighted by Crippen LogP contribution is -2.31. The van der Waals surface area contributed by atoms with Crippen LogP contribution in [0, 0.1) is 0 Å². The van der Waals surface area contributed by atoms with Crippen LogP contribution in [0.25, 0.3) is 0 Å². The summed E-state index contributed by atoms with van der Waals surface area (Å²) in [7, 11) is 1.60. The Hall–Kier alpha value is -3.06. The fraction of sp³-hybridized carbons (Fsp3) is 0.364. The highest BCUT2D eigenvalue weighted by molar-refractivity contribution is 6.02. The smallest absolute Gasteiger partial charge is 0.319 e. The molecule has 2 aromatic carbocycles. The van der Waals surface area contributed by atoms with Crippen LogP contribution in [-0.4, -0.2) is 45.3 Å². The van der Waals surface area contributed by atoms with Crippen molar-refractivity contribution in [3.63, 3.8) is 0 Å². The van der Waals surface area contributed by atoms with E-state index in [9.17, 15) is 9.59 Å². The largest absolute Gasteiger partial charge is 0.383 e. The number of carbonyl (C=O) groups excluding carboxylic acids is 2. The van der Waals surface area contributed by atoms with Crippen LogP contribution in [0.3, 0.4) is 0 Å². The lowest BCUT2D eigenvalue weighted by atomic mass is 10.1. The van der Waals surface area contributed by atoms with Crippen molar-refractivity contribution in [3.8, 4) is 0 Å². The molecule has 0 saturated carbocycles. The molecule has 0 spiro atoms. The first kappa shape index (κ1) is 20.7. The topological polar surface area (TPSA) is 82.7 Å². The van der Waals surface area contributed by atoms with Gasteiger partial charge in [0.2, 0.25) is 0 Å². The molecule has 0 radical (unpaired) electrons. The van der Waals surface area contributed by atoms with Crippen molar-refractivity contribution in [1.29, 1.82) is 0 Å². The van der Waals surface area contributed by atoms with Gasteiger partial charge in [-0.1, -0.05) is 30.3 Å². The van der Waals surface area contributed by atoms with E-state index >= 15 is 0 Å². The van der Waals surface area contributed by atoms with Gasteiger partial charge >= 0.3 is 6.03 Å². The fourth-order valence-electron chi connectivity index (χ4n) is 3.34. The average Bonchev–Trinajstić information content (AvgIpc) is 3.28. The molecule has 1 saturated heterocycles. The van der Waals surface area contributed by atoms with Gasteiger partial charge in [-0.2, -0.15) is 0 Å². The van der Waals surface area contributed by atoms with Crippen molar-refractivity contribution in [2.75, 3.05) is 43.6 Å². The number of hydrogen-bond acceptors (Lipinski definition) is 4. The first-order valence-electron chi connectivity index (χ1n) is 9.92. The van der Waals surface area contributed by atoms with Crippen LogP contribution >= 0.6 is 0 Å². The molecule has 3 rings (SSSR count). The van der Waals surface area contributed by atoms with Crippen LogP contribution < -0.4 is 20.9 Å². The molecule has 1 heterocycles. The SMILES string of the molecule is COCCNC(=O)c1cc(NC(=O)NCc2ccccc2)ccc1N1CCCC1. The van der Waals surface area contributed by atoms with Crippen molar-refractivity contribution in [2.45, 2.75) is 19.4 Å². The molecule has 3 amide bonds. The number of hydrogen-bond donors (Lipinski definition) is 3. The molecular weight excluding hydrogens is 368 g/mol. The summed E-state index contributed by atoms with van der Waals surface area (Å²) < 4.78 is 5.01. The van der Waals surface area contributed by atoms with Crippen LogP contribution in [0.5, 0.6) is 0 Å². The predicted molar refractivity (Wildman–Crippen MR) is 114 cm³/mol. The van der Waals surface area contributed by atoms with Crippen molar-refractivity contribution < 1.29 is 14.3 Å². The molecule has 154 valence electrons. The summed E-state index contributed by atoms with van der Waals surface area (Å²) in [6.45, 7) is 3.18. The van der Waals surface area contributed by atoms with Gasteiger partial charge in [-0.3, -0.25) is 4.79 Å². The number of benzene rings is 2. The minimum absolute atomic E-state index is 0.169. The number of methoxy groups -OCH3 is 1. The molecule has 2 aromatic rings. The quantitative estimate of drug-likeness (QED) is 0.599. The third-order valence-corrected chi connectivity index (χ3v) is 4.83. The van der Waals surface area contributed by atoms with Crippen molar-refractivity contribution in [3.05, 3.63) is 59.7 Å². The lowest BCUT2D eigenvalue weighted by Gasteiger charge is -2.22. The lowest BCUT2D eigenvalue weighted by molar-refractivity contribution is 0.0937. The Morgan fingerprint density at radius 1 is 1.03 bits per heavy atom. The molecule has 7 heteroatoms. The summed E-state index contributed by atoms with van der Waals surface area (Å²) in [6, 6.07) is 14.9. The third kappa shape index (κ3) is 5.96. The first-order valence-corrected chi connectivity index (χ1v) is 9.92. The highest BCUT2D eigenvalue weighted by atomic mass is 16.5. The molecule has 29 heavy (non-hydrogen) atoms. The minimum atomic E-state index is -0.312. The van der Waals surface area contributed by atoms with Gasteiger partial charge in [0.05, 0.1) is 12.2 Å². The van der Waals surface area contributed by atoms with E-state index in [1.807, 2.05) is 42.5 Å². The maximum atomic E-state index is 12.7. The van der Waals surface area contributed by atoms with Crippen LogP contribution in [-0.2, 0) is 11.3 Å². The van der Waals surface area contributed by atoms with Gasteiger partial charge in [0, 0.05) is 44.7 Å². The molecule has 3 N–H and O–H groups in total. The highest BCUT2D eigenvalue weighted by Gasteiger charge is 2.20. The van der Waals surface area contributed by atoms with Crippen LogP contribution in [0.4, 0.5) is 16.2 Å². The number of nitrogens with one attached hydrogen (secondary N) is 3. The van der Waals surface area contributed by atoms with Gasteiger partial charge in [0.15, 0.2) is 0 Å². The molecule has 0 bridgehead atoms. The van der Waals surface area contributed by atoms with E-state index in [4.69, 9.17) is 4.74 Å². The maximum Gasteiger partial charge on any atom is 0.319 e. The van der Waals surface area contributed by atoms with E-state index in [0.29, 0.717) is 30.9 Å². The number of amides is 3. The number of ether oxygens (including phenoxy) is 1. The van der Waals surface area contributed by atoms with E-state index in [-0.39, 0.29) is 11.9 Å². The number of urea groups is 1. The Morgan fingerprint density at radius 3 is 2.52 bits per heavy atom. The summed E-state index contributed by atoms with van der Waals surface area (Å²) in [5.41, 5.74) is 3.05. The van der Waals surface area contributed by atoms with Gasteiger partial charge in [0.1, 0.15) is 0 Å². The van der Waals surface area contributed by atoms with Crippen LogP contribution in [0.1, 0.15) is 28.8 Å². The van der Waals surface area contributed by atoms with Gasteiger partial charge in [0.25, 0.3) is 5.91 Å². The van der Waals surface area contributed by atoms with E-state index in [1.54, 1.807) is 13.2 Å². The second-order valence-electron chi connectivity index (χ2n) is 6.97. The number of rotatable bonds is 8. The summed E-state index contributed by atoms with van der Waals surface area (Å²) >= 11 is 0. The third-order valence-electron chi connectivity index (χ3n) is 4.83. The standard InChI is InChI=1S/C22H28N4O3/c1-29-14-11-23-21(27)19-15-18(9-10-20(19)26-12-5-6-13-26)25-22(28)24-16-17-7-3-2-4-8-17/h2-4,7-10,15H,5-6,11-14,16H2,1H3,(H,23,27)(H2,24,25,28). The zero-order valence-electron chi connectivity index (χ0n) is 16.7. The molecule has 0 unspecified atom stereocenters. The van der Waals surface area contributed by atoms with E-state index in [0.717, 1.165) is 37.2 Å². The van der Waals surface area contributed by atoms with Crippen LogP contribution in [0.15, 0.2) is 48.5 Å². The van der Waals surface area contributed by atoms with Crippen molar-refractivity contribution in [1.82, 2.24) is 10.6 Å². The van der Waals surface area contributed by atoms with Crippen molar-refractivity contribution >= 4 is 23.3 Å². The zero-order valence-corrected chi connectivity index (χ0v) is 16.7. The predicted octanol–water partition coefficient (Wildman–Crippen LogP) is 2.98. The van der Waals surface area contributed by atoms with E-state index in [2.05, 4.69) is 20.9 Å². The average molecular weight is 396 g/mol. The second-order valence-corrected chi connectivity index (χ2v) is 6.97. The number of anilines is 2. The van der Waals surface area contributed by atoms with Gasteiger partial charge < -0.3 is 25.6 Å². The molecule has 0 aromatic heterocycles. The van der Waals surface area contributed by atoms with Gasteiger partial charge in [-0.15, -0.1) is 0 Å². The molecule has 1 aliphatic heterocycles. The van der Waals surface area contributed by atoms with Crippen LogP contribution in [0.2, 0.25) is 0 Å². The molecule has 0 atom stereocenters. The van der Waals surface area contributed by atoms with E-state index in [1.165, 1.54) is 0 Å². The van der Waals surface area contributed by atoms with Crippen molar-refractivity contribution in [2.24, 2.45) is 0 Å². The summed E-state index contributed by atoms with van der Waals surface area (Å²) in [5.74, 6) is -0.169. The van der Waals surface area contributed by atoms with E-state index < -0.39 is 0 Å². The maximum absolute atomic E-state index is 12.7. The van der Waals surface area contributed by atoms with Gasteiger partial charge in [-0.25, -0.2) is 4.79 Å². The Bertz CT molecular complexity index is 820.